The maximum Gasteiger partial charge on any atom is 0.341 e. The summed E-state index contributed by atoms with van der Waals surface area (Å²) in [6, 6.07) is 17.2. The van der Waals surface area contributed by atoms with E-state index < -0.39 is 17.2 Å². The molecule has 0 saturated carbocycles. The Kier molecular flexibility index (Phi) is 8.91. The number of benzene rings is 2. The molecule has 1 unspecified atom stereocenters. The van der Waals surface area contributed by atoms with Crippen molar-refractivity contribution in [2.45, 2.75) is 43.1 Å². The van der Waals surface area contributed by atoms with Crippen molar-refractivity contribution in [3.63, 3.8) is 0 Å². The predicted octanol–water partition coefficient (Wildman–Crippen LogP) is 3.95. The van der Waals surface area contributed by atoms with Crippen molar-refractivity contribution in [2.24, 2.45) is 0 Å². The third-order valence-electron chi connectivity index (χ3n) is 6.82. The van der Waals surface area contributed by atoms with Gasteiger partial charge in [-0.15, -0.1) is 11.3 Å². The van der Waals surface area contributed by atoms with Crippen LogP contribution in [0.4, 0.5) is 5.00 Å². The van der Waals surface area contributed by atoms with Gasteiger partial charge in [0.2, 0.25) is 11.6 Å². The fraction of sp³-hybridized carbons (Fsp3) is 0.310. The molecule has 10 nitrogen and oxygen atoms in total. The Morgan fingerprint density at radius 1 is 1.20 bits per heavy atom. The number of fused-ring (bicyclic) bond motifs is 1. The molecule has 0 saturated heterocycles. The molecule has 214 valence electrons. The summed E-state index contributed by atoms with van der Waals surface area (Å²) in [5, 5.41) is 19.4. The number of ether oxygens (including phenoxy) is 2. The van der Waals surface area contributed by atoms with Crippen molar-refractivity contribution in [3.05, 3.63) is 76.2 Å². The number of hydrogen-bond acceptors (Lipinski definition) is 10. The highest BCUT2D eigenvalue weighted by atomic mass is 32.2. The molecule has 2 aromatic heterocycles. The molecule has 0 fully saturated rings. The summed E-state index contributed by atoms with van der Waals surface area (Å²) in [7, 11) is 2.91. The normalized spacial score (nSPS) is 13.8. The molecule has 1 atom stereocenters. The average Bonchev–Trinajstić information content (AvgIpc) is 3.54. The molecule has 0 radical (unpaired) electrons. The van der Waals surface area contributed by atoms with E-state index in [1.165, 1.54) is 28.7 Å². The van der Waals surface area contributed by atoms with Gasteiger partial charge >= 0.3 is 5.97 Å². The molecule has 5 rings (SSSR count). The van der Waals surface area contributed by atoms with Gasteiger partial charge in [-0.05, 0) is 52.5 Å². The lowest BCUT2D eigenvalue weighted by Crippen LogP contribution is -2.36. The van der Waals surface area contributed by atoms with Gasteiger partial charge in [0.15, 0.2) is 5.95 Å². The fourth-order valence-electron chi connectivity index (χ4n) is 4.71. The summed E-state index contributed by atoms with van der Waals surface area (Å²) >= 11 is 2.47. The standard InChI is InChI=1S/C29H30N4O6S2/c1-4-22(41-27-29(36)39-31-33(27)19-10-12-20(37-2)13-11-19)25(34)30-26-24(28(35)38-3)21-14-15-32(17-23(21)40-26)16-18-8-6-5-7-9-18/h5-13,22H,4,14-17H2,1-3H3,(H-,30,31,34,35,36). The van der Waals surface area contributed by atoms with Crippen molar-refractivity contribution in [1.82, 2.24) is 10.2 Å². The third kappa shape index (κ3) is 6.24. The van der Waals surface area contributed by atoms with Gasteiger partial charge in [0.05, 0.1) is 30.3 Å². The lowest BCUT2D eigenvalue weighted by Gasteiger charge is -2.27. The smallest absolute Gasteiger partial charge is 0.341 e. The highest BCUT2D eigenvalue weighted by Crippen LogP contribution is 2.39. The first kappa shape index (κ1) is 28.7. The van der Waals surface area contributed by atoms with E-state index in [0.717, 1.165) is 35.3 Å². The summed E-state index contributed by atoms with van der Waals surface area (Å²) < 4.78 is 16.6. The number of thioether (sulfide) groups is 1. The molecule has 3 heterocycles. The second-order valence-corrected chi connectivity index (χ2v) is 11.7. The van der Waals surface area contributed by atoms with Crippen LogP contribution in [0.2, 0.25) is 0 Å². The number of carbonyl (C=O) groups is 2. The molecular formula is C29H30N4O6S2. The molecule has 1 aliphatic heterocycles. The minimum absolute atomic E-state index is 0.174. The number of thiophene rings is 1. The molecule has 1 aliphatic rings. The molecular weight excluding hydrogens is 564 g/mol. The molecule has 4 aromatic rings. The monoisotopic (exact) mass is 594 g/mol. The van der Waals surface area contributed by atoms with Crippen molar-refractivity contribution in [1.29, 1.82) is 0 Å². The number of esters is 1. The summed E-state index contributed by atoms with van der Waals surface area (Å²) in [4.78, 5) is 29.7. The van der Waals surface area contributed by atoms with Gasteiger partial charge < -0.3 is 24.4 Å². The van der Waals surface area contributed by atoms with E-state index >= 15 is 0 Å². The Bertz CT molecular complexity index is 1520. The highest BCUT2D eigenvalue weighted by molar-refractivity contribution is 8.00. The zero-order chi connectivity index (χ0) is 28.9. The molecule has 41 heavy (non-hydrogen) atoms. The summed E-state index contributed by atoms with van der Waals surface area (Å²) in [5.74, 6) is -0.793. The van der Waals surface area contributed by atoms with Crippen molar-refractivity contribution in [3.8, 4) is 17.4 Å². The molecule has 1 amide bonds. The van der Waals surface area contributed by atoms with Crippen LogP contribution < -0.4 is 19.8 Å². The van der Waals surface area contributed by atoms with Crippen LogP contribution in [0, 0.1) is 0 Å². The molecule has 1 N–H and O–H groups in total. The van der Waals surface area contributed by atoms with Gasteiger partial charge in [-0.2, -0.15) is 0 Å². The second-order valence-electron chi connectivity index (χ2n) is 9.43. The van der Waals surface area contributed by atoms with Crippen molar-refractivity contribution in [2.75, 3.05) is 26.1 Å². The quantitative estimate of drug-likeness (QED) is 0.165. The number of anilines is 1. The number of nitrogens with one attached hydrogen (secondary N) is 1. The fourth-order valence-corrected chi connectivity index (χ4v) is 6.97. The van der Waals surface area contributed by atoms with E-state index in [2.05, 4.69) is 27.6 Å². The zero-order valence-electron chi connectivity index (χ0n) is 22.9. The number of aromatic nitrogens is 2. The Morgan fingerprint density at radius 3 is 2.63 bits per heavy atom. The van der Waals surface area contributed by atoms with Crippen LogP contribution in [0.1, 0.15) is 39.7 Å². The molecule has 0 aliphatic carbocycles. The van der Waals surface area contributed by atoms with Gasteiger partial charge in [0, 0.05) is 36.6 Å². The van der Waals surface area contributed by atoms with Crippen molar-refractivity contribution >= 4 is 40.0 Å². The maximum atomic E-state index is 13.5. The van der Waals surface area contributed by atoms with Gasteiger partial charge in [0.25, 0.3) is 5.03 Å². The third-order valence-corrected chi connectivity index (χ3v) is 9.34. The van der Waals surface area contributed by atoms with Crippen molar-refractivity contribution < 1.29 is 33.4 Å². The summed E-state index contributed by atoms with van der Waals surface area (Å²) in [5.41, 5.74) is 3.13. The van der Waals surface area contributed by atoms with E-state index in [1.807, 2.05) is 25.1 Å². The number of rotatable bonds is 10. The van der Waals surface area contributed by atoms with Gasteiger partial charge in [-0.25, -0.2) is 4.79 Å². The number of methoxy groups -OCH3 is 2. The summed E-state index contributed by atoms with van der Waals surface area (Å²) in [6.45, 7) is 4.11. The Morgan fingerprint density at radius 2 is 1.95 bits per heavy atom. The Labute approximate surface area is 245 Å². The number of hydrogen-bond donors (Lipinski definition) is 1. The SMILES string of the molecule is CCC(Sc1c([O-])on[n+]1-c1ccc(OC)cc1)C(=O)Nc1sc2c(c1C(=O)OC)CCN(Cc1ccccc1)C2. The first-order valence-electron chi connectivity index (χ1n) is 13.1. The number of carbonyl (C=O) groups excluding carboxylic acids is 2. The van der Waals surface area contributed by atoms with Gasteiger partial charge in [-0.1, -0.05) is 37.3 Å². The van der Waals surface area contributed by atoms with Crippen LogP contribution in [0.5, 0.6) is 11.7 Å². The molecule has 12 heteroatoms. The topological polar surface area (TPSA) is 121 Å². The van der Waals surface area contributed by atoms with Gasteiger partial charge in [-0.3, -0.25) is 9.69 Å². The maximum absolute atomic E-state index is 13.5. The van der Waals surface area contributed by atoms with Gasteiger partial charge in [0.1, 0.15) is 10.8 Å². The Hall–Kier alpha value is -3.87. The van der Waals surface area contributed by atoms with Crippen LogP contribution in [0.3, 0.4) is 0 Å². The first-order chi connectivity index (χ1) is 19.9. The van der Waals surface area contributed by atoms with E-state index in [4.69, 9.17) is 14.0 Å². The lowest BCUT2D eigenvalue weighted by atomic mass is 10.0. The summed E-state index contributed by atoms with van der Waals surface area (Å²) in [6.07, 6.45) is 1.10. The number of nitrogens with zero attached hydrogens (tertiary/aromatic N) is 3. The Balaban J connectivity index is 1.35. The molecule has 2 aromatic carbocycles. The minimum atomic E-state index is -0.647. The van der Waals surface area contributed by atoms with Crippen LogP contribution in [-0.2, 0) is 29.0 Å². The van der Waals surface area contributed by atoms with Crippen LogP contribution >= 0.6 is 23.1 Å². The van der Waals surface area contributed by atoms with Crippen LogP contribution in [0.15, 0.2) is 64.1 Å². The minimum Gasteiger partial charge on any atom is -0.538 e. The first-order valence-corrected chi connectivity index (χ1v) is 14.8. The van der Waals surface area contributed by atoms with E-state index in [0.29, 0.717) is 41.4 Å². The average molecular weight is 595 g/mol. The van der Waals surface area contributed by atoms with E-state index in [1.54, 1.807) is 31.4 Å². The largest absolute Gasteiger partial charge is 0.538 e. The van der Waals surface area contributed by atoms with E-state index in [-0.39, 0.29) is 10.9 Å². The predicted molar refractivity (Wildman–Crippen MR) is 153 cm³/mol. The number of amides is 1. The zero-order valence-corrected chi connectivity index (χ0v) is 24.5. The van der Waals surface area contributed by atoms with Crippen LogP contribution in [-0.4, -0.2) is 48.1 Å². The molecule has 0 bridgehead atoms. The lowest BCUT2D eigenvalue weighted by molar-refractivity contribution is -0.705. The second kappa shape index (κ2) is 12.8. The molecule has 0 spiro atoms. The highest BCUT2D eigenvalue weighted by Gasteiger charge is 2.32. The van der Waals surface area contributed by atoms with E-state index in [9.17, 15) is 14.7 Å². The van der Waals surface area contributed by atoms with Crippen LogP contribution in [0.25, 0.3) is 5.69 Å².